The SMILES string of the molecule is CC(C)C1CCCN(C(C)CC(C)(O)CN)CC1. The van der Waals surface area contributed by atoms with Gasteiger partial charge in [-0.05, 0) is 64.5 Å². The minimum absolute atomic E-state index is 0.347. The van der Waals surface area contributed by atoms with E-state index in [0.29, 0.717) is 12.6 Å². The lowest BCUT2D eigenvalue weighted by molar-refractivity contribution is 0.0290. The van der Waals surface area contributed by atoms with Crippen LogP contribution in [-0.4, -0.2) is 41.3 Å². The van der Waals surface area contributed by atoms with E-state index in [1.165, 1.54) is 32.4 Å². The molecule has 18 heavy (non-hydrogen) atoms. The van der Waals surface area contributed by atoms with Gasteiger partial charge in [0.2, 0.25) is 0 Å². The van der Waals surface area contributed by atoms with Gasteiger partial charge in [-0.3, -0.25) is 0 Å². The van der Waals surface area contributed by atoms with E-state index in [9.17, 15) is 5.11 Å². The van der Waals surface area contributed by atoms with Crippen molar-refractivity contribution in [2.24, 2.45) is 17.6 Å². The Morgan fingerprint density at radius 3 is 2.50 bits per heavy atom. The molecule has 0 aromatic rings. The fourth-order valence-electron chi connectivity index (χ4n) is 3.10. The zero-order valence-corrected chi connectivity index (χ0v) is 12.7. The summed E-state index contributed by atoms with van der Waals surface area (Å²) in [6, 6.07) is 0.425. The van der Waals surface area contributed by atoms with Crippen molar-refractivity contribution in [2.45, 2.75) is 65.0 Å². The van der Waals surface area contributed by atoms with Crippen LogP contribution in [-0.2, 0) is 0 Å². The predicted molar refractivity (Wildman–Crippen MR) is 77.5 cm³/mol. The molecule has 0 aromatic heterocycles. The Morgan fingerprint density at radius 2 is 1.94 bits per heavy atom. The van der Waals surface area contributed by atoms with Crippen LogP contribution in [0.5, 0.6) is 0 Å². The standard InChI is InChI=1S/C15H32N2O/c1-12(2)14-6-5-8-17(9-7-14)13(3)10-15(4,18)11-16/h12-14,18H,5-11,16H2,1-4H3. The molecule has 1 aliphatic rings. The Bertz CT molecular complexity index is 241. The largest absolute Gasteiger partial charge is 0.389 e. The van der Waals surface area contributed by atoms with Crippen molar-refractivity contribution in [3.8, 4) is 0 Å². The van der Waals surface area contributed by atoms with Crippen LogP contribution in [0.4, 0.5) is 0 Å². The summed E-state index contributed by atoms with van der Waals surface area (Å²) < 4.78 is 0. The highest BCUT2D eigenvalue weighted by Gasteiger charge is 2.27. The normalized spacial score (nSPS) is 27.8. The molecule has 1 rings (SSSR count). The van der Waals surface area contributed by atoms with Crippen molar-refractivity contribution in [1.82, 2.24) is 4.90 Å². The lowest BCUT2D eigenvalue weighted by Gasteiger charge is -2.33. The van der Waals surface area contributed by atoms with Gasteiger partial charge in [0.25, 0.3) is 0 Å². The smallest absolute Gasteiger partial charge is 0.0756 e. The van der Waals surface area contributed by atoms with Crippen molar-refractivity contribution in [3.63, 3.8) is 0 Å². The molecule has 0 spiro atoms. The maximum Gasteiger partial charge on any atom is 0.0756 e. The van der Waals surface area contributed by atoms with E-state index in [4.69, 9.17) is 5.73 Å². The molecule has 3 atom stereocenters. The summed E-state index contributed by atoms with van der Waals surface area (Å²) in [5.41, 5.74) is 4.89. The minimum atomic E-state index is -0.719. The van der Waals surface area contributed by atoms with Crippen LogP contribution in [0.25, 0.3) is 0 Å². The van der Waals surface area contributed by atoms with Gasteiger partial charge in [-0.2, -0.15) is 0 Å². The van der Waals surface area contributed by atoms with Gasteiger partial charge in [0, 0.05) is 12.6 Å². The summed E-state index contributed by atoms with van der Waals surface area (Å²) >= 11 is 0. The van der Waals surface area contributed by atoms with E-state index in [-0.39, 0.29) is 0 Å². The molecule has 0 bridgehead atoms. The molecule has 3 unspecified atom stereocenters. The summed E-state index contributed by atoms with van der Waals surface area (Å²) in [4.78, 5) is 2.53. The second-order valence-corrected chi connectivity index (χ2v) is 6.73. The molecule has 0 saturated carbocycles. The third-order valence-corrected chi connectivity index (χ3v) is 4.55. The predicted octanol–water partition coefficient (Wildman–Crippen LogP) is 2.23. The fraction of sp³-hybridized carbons (Fsp3) is 1.00. The van der Waals surface area contributed by atoms with Gasteiger partial charge in [0.15, 0.2) is 0 Å². The number of nitrogens with zero attached hydrogens (tertiary/aromatic N) is 1. The van der Waals surface area contributed by atoms with Crippen molar-refractivity contribution in [3.05, 3.63) is 0 Å². The van der Waals surface area contributed by atoms with Crippen LogP contribution in [0.15, 0.2) is 0 Å². The monoisotopic (exact) mass is 256 g/mol. The summed E-state index contributed by atoms with van der Waals surface area (Å²) in [6.07, 6.45) is 4.72. The number of aliphatic hydroxyl groups is 1. The molecule has 1 heterocycles. The number of hydrogen-bond donors (Lipinski definition) is 2. The molecular weight excluding hydrogens is 224 g/mol. The van der Waals surface area contributed by atoms with Crippen LogP contribution in [0.2, 0.25) is 0 Å². The molecule has 1 aliphatic heterocycles. The maximum atomic E-state index is 10.1. The first-order valence-corrected chi connectivity index (χ1v) is 7.52. The van der Waals surface area contributed by atoms with Crippen LogP contribution in [0.1, 0.15) is 53.4 Å². The van der Waals surface area contributed by atoms with Crippen molar-refractivity contribution >= 4 is 0 Å². The summed E-state index contributed by atoms with van der Waals surface area (Å²) in [5.74, 6) is 1.67. The van der Waals surface area contributed by atoms with Crippen molar-refractivity contribution in [1.29, 1.82) is 0 Å². The van der Waals surface area contributed by atoms with Gasteiger partial charge in [0.05, 0.1) is 5.60 Å². The van der Waals surface area contributed by atoms with Crippen LogP contribution in [0, 0.1) is 11.8 Å². The zero-order valence-electron chi connectivity index (χ0n) is 12.7. The Labute approximate surface area is 113 Å². The van der Waals surface area contributed by atoms with Crippen LogP contribution in [0.3, 0.4) is 0 Å². The lowest BCUT2D eigenvalue weighted by Crippen LogP contribution is -2.43. The van der Waals surface area contributed by atoms with Gasteiger partial charge in [0.1, 0.15) is 0 Å². The summed E-state index contributed by atoms with van der Waals surface area (Å²) in [5, 5.41) is 10.1. The Morgan fingerprint density at radius 1 is 1.28 bits per heavy atom. The topological polar surface area (TPSA) is 49.5 Å². The van der Waals surface area contributed by atoms with E-state index in [0.717, 1.165) is 18.3 Å². The second kappa shape index (κ2) is 6.88. The first kappa shape index (κ1) is 15.9. The first-order chi connectivity index (χ1) is 8.35. The summed E-state index contributed by atoms with van der Waals surface area (Å²) in [7, 11) is 0. The second-order valence-electron chi connectivity index (χ2n) is 6.73. The van der Waals surface area contributed by atoms with Gasteiger partial charge in [-0.25, -0.2) is 0 Å². The van der Waals surface area contributed by atoms with Gasteiger partial charge in [-0.1, -0.05) is 13.8 Å². The van der Waals surface area contributed by atoms with E-state index >= 15 is 0 Å². The minimum Gasteiger partial charge on any atom is -0.389 e. The molecule has 1 fully saturated rings. The third-order valence-electron chi connectivity index (χ3n) is 4.55. The summed E-state index contributed by atoms with van der Waals surface area (Å²) in [6.45, 7) is 11.4. The third kappa shape index (κ3) is 4.87. The van der Waals surface area contributed by atoms with Crippen LogP contribution >= 0.6 is 0 Å². The number of rotatable bonds is 5. The molecule has 3 nitrogen and oxygen atoms in total. The van der Waals surface area contributed by atoms with Crippen LogP contribution < -0.4 is 5.73 Å². The van der Waals surface area contributed by atoms with Gasteiger partial charge < -0.3 is 15.7 Å². The average molecular weight is 256 g/mol. The van der Waals surface area contributed by atoms with E-state index in [1.807, 2.05) is 6.92 Å². The number of likely N-dealkylation sites (tertiary alicyclic amines) is 1. The Balaban J connectivity index is 2.47. The van der Waals surface area contributed by atoms with Gasteiger partial charge in [-0.15, -0.1) is 0 Å². The molecule has 0 radical (unpaired) electrons. The van der Waals surface area contributed by atoms with E-state index < -0.39 is 5.60 Å². The molecule has 0 amide bonds. The molecule has 0 aromatic carbocycles. The lowest BCUT2D eigenvalue weighted by atomic mass is 9.89. The quantitative estimate of drug-likeness (QED) is 0.793. The van der Waals surface area contributed by atoms with E-state index in [1.54, 1.807) is 0 Å². The molecular formula is C15H32N2O. The highest BCUT2D eigenvalue weighted by atomic mass is 16.3. The fourth-order valence-corrected chi connectivity index (χ4v) is 3.10. The van der Waals surface area contributed by atoms with Crippen molar-refractivity contribution < 1.29 is 5.11 Å². The zero-order chi connectivity index (χ0) is 13.8. The highest BCUT2D eigenvalue weighted by molar-refractivity contribution is 4.82. The Hall–Kier alpha value is -0.120. The molecule has 3 N–H and O–H groups in total. The van der Waals surface area contributed by atoms with Crippen molar-refractivity contribution in [2.75, 3.05) is 19.6 Å². The number of nitrogens with two attached hydrogens (primary N) is 1. The number of hydrogen-bond acceptors (Lipinski definition) is 3. The first-order valence-electron chi connectivity index (χ1n) is 7.52. The molecule has 1 saturated heterocycles. The molecule has 0 aliphatic carbocycles. The van der Waals surface area contributed by atoms with E-state index in [2.05, 4.69) is 25.7 Å². The highest BCUT2D eigenvalue weighted by Crippen LogP contribution is 2.26. The average Bonchev–Trinajstić information content (AvgIpc) is 2.53. The van der Waals surface area contributed by atoms with Gasteiger partial charge >= 0.3 is 0 Å². The molecule has 3 heteroatoms. The maximum absolute atomic E-state index is 10.1. The Kier molecular flexibility index (Phi) is 6.09. The molecule has 108 valence electrons.